The molecule has 5 nitrogen and oxygen atoms in total. The first kappa shape index (κ1) is 11.8. The van der Waals surface area contributed by atoms with Crippen LogP contribution in [0.1, 0.15) is 25.7 Å². The standard InChI is InChI=1S/C11H21N3O2/c15-11(9-10-3-1-2-4-12-10)13-14-5-7-16-8-6-14/h10,12H,1-9H2,(H,13,15). The Balaban J connectivity index is 1.66. The van der Waals surface area contributed by atoms with Crippen LogP contribution in [0.3, 0.4) is 0 Å². The number of rotatable bonds is 3. The van der Waals surface area contributed by atoms with E-state index in [4.69, 9.17) is 4.74 Å². The highest BCUT2D eigenvalue weighted by Crippen LogP contribution is 2.09. The monoisotopic (exact) mass is 227 g/mol. The second-order valence-electron chi connectivity index (χ2n) is 4.49. The van der Waals surface area contributed by atoms with Gasteiger partial charge in [0, 0.05) is 25.6 Å². The molecule has 0 spiro atoms. The Morgan fingerprint density at radius 2 is 2.19 bits per heavy atom. The molecule has 0 aliphatic carbocycles. The van der Waals surface area contributed by atoms with Gasteiger partial charge in [-0.3, -0.25) is 10.2 Å². The largest absolute Gasteiger partial charge is 0.379 e. The van der Waals surface area contributed by atoms with Crippen molar-refractivity contribution in [2.24, 2.45) is 0 Å². The molecule has 1 atom stereocenters. The van der Waals surface area contributed by atoms with Crippen LogP contribution in [0.2, 0.25) is 0 Å². The predicted octanol–water partition coefficient (Wildman–Crippen LogP) is -0.118. The fraction of sp³-hybridized carbons (Fsp3) is 0.909. The maximum absolute atomic E-state index is 11.7. The van der Waals surface area contributed by atoms with Gasteiger partial charge < -0.3 is 10.1 Å². The number of hydrogen-bond acceptors (Lipinski definition) is 4. The highest BCUT2D eigenvalue weighted by Gasteiger charge is 2.18. The van der Waals surface area contributed by atoms with Gasteiger partial charge in [-0.1, -0.05) is 6.42 Å². The van der Waals surface area contributed by atoms with Crippen molar-refractivity contribution < 1.29 is 9.53 Å². The van der Waals surface area contributed by atoms with Crippen molar-refractivity contribution >= 4 is 5.91 Å². The third kappa shape index (κ3) is 3.73. The Morgan fingerprint density at radius 1 is 1.38 bits per heavy atom. The van der Waals surface area contributed by atoms with E-state index < -0.39 is 0 Å². The molecule has 2 aliphatic rings. The zero-order valence-corrected chi connectivity index (χ0v) is 9.71. The van der Waals surface area contributed by atoms with Crippen LogP contribution in [-0.2, 0) is 9.53 Å². The number of piperidine rings is 1. The summed E-state index contributed by atoms with van der Waals surface area (Å²) in [6, 6.07) is 0.370. The molecule has 2 N–H and O–H groups in total. The van der Waals surface area contributed by atoms with Crippen molar-refractivity contribution in [3.63, 3.8) is 0 Å². The average molecular weight is 227 g/mol. The summed E-state index contributed by atoms with van der Waals surface area (Å²) in [5.41, 5.74) is 2.94. The van der Waals surface area contributed by atoms with E-state index in [-0.39, 0.29) is 5.91 Å². The van der Waals surface area contributed by atoms with E-state index in [1.807, 2.05) is 5.01 Å². The molecule has 2 aliphatic heterocycles. The van der Waals surface area contributed by atoms with Crippen molar-refractivity contribution in [1.29, 1.82) is 0 Å². The summed E-state index contributed by atoms with van der Waals surface area (Å²) in [4.78, 5) is 11.7. The molecule has 1 unspecified atom stereocenters. The highest BCUT2D eigenvalue weighted by molar-refractivity contribution is 5.76. The van der Waals surface area contributed by atoms with Gasteiger partial charge in [0.25, 0.3) is 0 Å². The Labute approximate surface area is 96.5 Å². The molecule has 2 heterocycles. The third-order valence-corrected chi connectivity index (χ3v) is 3.14. The number of hydrogen-bond donors (Lipinski definition) is 2. The third-order valence-electron chi connectivity index (χ3n) is 3.14. The lowest BCUT2D eigenvalue weighted by atomic mass is 10.0. The van der Waals surface area contributed by atoms with Crippen molar-refractivity contribution in [1.82, 2.24) is 15.8 Å². The van der Waals surface area contributed by atoms with E-state index in [1.54, 1.807) is 0 Å². The molecule has 0 aromatic rings. The van der Waals surface area contributed by atoms with Gasteiger partial charge in [-0.25, -0.2) is 5.01 Å². The normalized spacial score (nSPS) is 27.6. The molecule has 0 saturated carbocycles. The van der Waals surface area contributed by atoms with E-state index in [1.165, 1.54) is 12.8 Å². The van der Waals surface area contributed by atoms with Crippen LogP contribution in [-0.4, -0.2) is 49.8 Å². The van der Waals surface area contributed by atoms with Gasteiger partial charge >= 0.3 is 0 Å². The second kappa shape index (κ2) is 6.18. The van der Waals surface area contributed by atoms with Crippen molar-refractivity contribution in [3.8, 4) is 0 Å². The first-order valence-electron chi connectivity index (χ1n) is 6.20. The minimum atomic E-state index is 0.126. The summed E-state index contributed by atoms with van der Waals surface area (Å²) in [5.74, 6) is 0.126. The van der Waals surface area contributed by atoms with Gasteiger partial charge in [-0.2, -0.15) is 0 Å². The van der Waals surface area contributed by atoms with E-state index in [0.29, 0.717) is 25.7 Å². The van der Waals surface area contributed by atoms with E-state index in [2.05, 4.69) is 10.7 Å². The quantitative estimate of drug-likeness (QED) is 0.706. The van der Waals surface area contributed by atoms with E-state index >= 15 is 0 Å². The minimum absolute atomic E-state index is 0.126. The lowest BCUT2D eigenvalue weighted by Crippen LogP contribution is -2.50. The summed E-state index contributed by atoms with van der Waals surface area (Å²) < 4.78 is 5.23. The molecular weight excluding hydrogens is 206 g/mol. The number of hydrazine groups is 1. The number of amides is 1. The first-order chi connectivity index (χ1) is 7.84. The van der Waals surface area contributed by atoms with Crippen LogP contribution in [0.5, 0.6) is 0 Å². The number of nitrogens with one attached hydrogen (secondary N) is 2. The molecular formula is C11H21N3O2. The van der Waals surface area contributed by atoms with Crippen molar-refractivity contribution in [3.05, 3.63) is 0 Å². The molecule has 16 heavy (non-hydrogen) atoms. The topological polar surface area (TPSA) is 53.6 Å². The summed E-state index contributed by atoms with van der Waals surface area (Å²) >= 11 is 0. The SMILES string of the molecule is O=C(CC1CCCCN1)NN1CCOCC1. The zero-order chi connectivity index (χ0) is 11.2. The van der Waals surface area contributed by atoms with Crippen molar-refractivity contribution in [2.75, 3.05) is 32.8 Å². The molecule has 2 fully saturated rings. The van der Waals surface area contributed by atoms with Crippen LogP contribution in [0.15, 0.2) is 0 Å². The maximum atomic E-state index is 11.7. The number of carbonyl (C=O) groups is 1. The number of carbonyl (C=O) groups excluding carboxylic acids is 1. The Morgan fingerprint density at radius 3 is 2.88 bits per heavy atom. The average Bonchev–Trinajstić information content (AvgIpc) is 2.31. The van der Waals surface area contributed by atoms with Crippen LogP contribution in [0, 0.1) is 0 Å². The fourth-order valence-corrected chi connectivity index (χ4v) is 2.22. The van der Waals surface area contributed by atoms with Gasteiger partial charge in [-0.15, -0.1) is 0 Å². The van der Waals surface area contributed by atoms with E-state index in [0.717, 1.165) is 26.1 Å². The predicted molar refractivity (Wildman–Crippen MR) is 60.8 cm³/mol. The molecule has 0 radical (unpaired) electrons. The van der Waals surface area contributed by atoms with Crippen LogP contribution >= 0.6 is 0 Å². The summed E-state index contributed by atoms with van der Waals surface area (Å²) in [6.07, 6.45) is 4.19. The maximum Gasteiger partial charge on any atom is 0.235 e. The van der Waals surface area contributed by atoms with Gasteiger partial charge in [-0.05, 0) is 19.4 Å². The molecule has 1 amide bonds. The molecule has 0 bridgehead atoms. The van der Waals surface area contributed by atoms with Crippen LogP contribution in [0.25, 0.3) is 0 Å². The minimum Gasteiger partial charge on any atom is -0.379 e. The Hall–Kier alpha value is -0.650. The van der Waals surface area contributed by atoms with Gasteiger partial charge in [0.2, 0.25) is 5.91 Å². The van der Waals surface area contributed by atoms with Crippen molar-refractivity contribution in [2.45, 2.75) is 31.7 Å². The lowest BCUT2D eigenvalue weighted by Gasteiger charge is -2.28. The Kier molecular flexibility index (Phi) is 4.56. The lowest BCUT2D eigenvalue weighted by molar-refractivity contribution is -0.128. The fourth-order valence-electron chi connectivity index (χ4n) is 2.22. The van der Waals surface area contributed by atoms with Crippen LogP contribution in [0.4, 0.5) is 0 Å². The summed E-state index contributed by atoms with van der Waals surface area (Å²) in [7, 11) is 0. The zero-order valence-electron chi connectivity index (χ0n) is 9.71. The molecule has 2 rings (SSSR count). The summed E-state index contributed by atoms with van der Waals surface area (Å²) in [5, 5.41) is 5.34. The second-order valence-corrected chi connectivity index (χ2v) is 4.49. The van der Waals surface area contributed by atoms with E-state index in [9.17, 15) is 4.79 Å². The van der Waals surface area contributed by atoms with Crippen LogP contribution < -0.4 is 10.7 Å². The van der Waals surface area contributed by atoms with Gasteiger partial charge in [0.05, 0.1) is 13.2 Å². The molecule has 92 valence electrons. The highest BCUT2D eigenvalue weighted by atomic mass is 16.5. The number of morpholine rings is 1. The summed E-state index contributed by atoms with van der Waals surface area (Å²) in [6.45, 7) is 4.06. The molecule has 2 saturated heterocycles. The van der Waals surface area contributed by atoms with Gasteiger partial charge in [0.15, 0.2) is 0 Å². The smallest absolute Gasteiger partial charge is 0.235 e. The number of ether oxygens (including phenoxy) is 1. The molecule has 0 aromatic heterocycles. The first-order valence-corrected chi connectivity index (χ1v) is 6.20. The molecule has 5 heteroatoms. The number of nitrogens with zero attached hydrogens (tertiary/aromatic N) is 1. The Bertz CT molecular complexity index is 201. The molecule has 0 aromatic carbocycles. The van der Waals surface area contributed by atoms with Gasteiger partial charge in [0.1, 0.15) is 0 Å².